The Morgan fingerprint density at radius 2 is 2.23 bits per heavy atom. The lowest BCUT2D eigenvalue weighted by Crippen LogP contribution is -1.88. The number of benzene rings is 1. The number of nitrogens with zero attached hydrogens (tertiary/aromatic N) is 3. The van der Waals surface area contributed by atoms with E-state index in [2.05, 4.69) is 38.7 Å². The van der Waals surface area contributed by atoms with Crippen LogP contribution in [0.2, 0.25) is 0 Å². The van der Waals surface area contributed by atoms with Gasteiger partial charge in [0.15, 0.2) is 5.82 Å². The van der Waals surface area contributed by atoms with Crippen LogP contribution in [0.1, 0.15) is 0 Å². The van der Waals surface area contributed by atoms with Crippen molar-refractivity contribution in [2.24, 2.45) is 7.05 Å². The Balaban J connectivity index is 2.46. The van der Waals surface area contributed by atoms with E-state index in [1.54, 1.807) is 11.0 Å². The second-order valence-electron chi connectivity index (χ2n) is 2.75. The molecule has 0 aliphatic heterocycles. The highest BCUT2D eigenvalue weighted by Crippen LogP contribution is 2.16. The summed E-state index contributed by atoms with van der Waals surface area (Å²) < 4.78 is 2.90. The van der Waals surface area contributed by atoms with Gasteiger partial charge in [-0.3, -0.25) is 4.68 Å². The maximum absolute atomic E-state index is 4.22. The fourth-order valence-corrected chi connectivity index (χ4v) is 1.64. The molecule has 0 aliphatic rings. The molecule has 0 fully saturated rings. The number of hydrogen-bond donors (Lipinski definition) is 0. The van der Waals surface area contributed by atoms with E-state index >= 15 is 0 Å². The largest absolute Gasteiger partial charge is 0.255 e. The third-order valence-corrected chi connectivity index (χ3v) is 2.35. The first kappa shape index (κ1) is 8.68. The van der Waals surface area contributed by atoms with Crippen LogP contribution in [0.25, 0.3) is 11.4 Å². The molecule has 13 heavy (non-hydrogen) atoms. The van der Waals surface area contributed by atoms with E-state index in [4.69, 9.17) is 0 Å². The topological polar surface area (TPSA) is 30.7 Å². The van der Waals surface area contributed by atoms with Crippen molar-refractivity contribution in [1.82, 2.24) is 14.8 Å². The minimum Gasteiger partial charge on any atom is -0.255 e. The van der Waals surface area contributed by atoms with Gasteiger partial charge in [0.25, 0.3) is 0 Å². The van der Waals surface area contributed by atoms with Crippen LogP contribution in [0.15, 0.2) is 30.6 Å². The minimum absolute atomic E-state index is 0.779. The van der Waals surface area contributed by atoms with Gasteiger partial charge in [-0.1, -0.05) is 12.1 Å². The summed E-state index contributed by atoms with van der Waals surface area (Å²) in [7, 11) is 1.87. The Kier molecular flexibility index (Phi) is 2.30. The van der Waals surface area contributed by atoms with Crippen molar-refractivity contribution >= 4 is 22.6 Å². The smallest absolute Gasteiger partial charge is 0.181 e. The first-order valence-corrected chi connectivity index (χ1v) is 4.95. The van der Waals surface area contributed by atoms with Crippen molar-refractivity contribution in [3.05, 3.63) is 34.2 Å². The van der Waals surface area contributed by atoms with Gasteiger partial charge in [-0.2, -0.15) is 5.10 Å². The molecule has 0 aliphatic carbocycles. The summed E-state index contributed by atoms with van der Waals surface area (Å²) in [5.74, 6) is 0.779. The van der Waals surface area contributed by atoms with Gasteiger partial charge >= 0.3 is 0 Å². The molecule has 0 amide bonds. The van der Waals surface area contributed by atoms with Gasteiger partial charge in [0, 0.05) is 16.2 Å². The summed E-state index contributed by atoms with van der Waals surface area (Å²) in [5, 5.41) is 4.22. The fourth-order valence-electron chi connectivity index (χ4n) is 1.10. The molecule has 0 atom stereocenters. The van der Waals surface area contributed by atoms with Crippen LogP contribution in [0, 0.1) is 3.57 Å². The molecule has 2 aromatic rings. The number of halogens is 1. The molecule has 0 N–H and O–H groups in total. The normalized spacial score (nSPS) is 10.3. The molecule has 0 unspecified atom stereocenters. The lowest BCUT2D eigenvalue weighted by Gasteiger charge is -1.94. The molecule has 1 aromatic carbocycles. The Labute approximate surface area is 89.9 Å². The summed E-state index contributed by atoms with van der Waals surface area (Å²) in [6.45, 7) is 0. The molecule has 0 spiro atoms. The molecular weight excluding hydrogens is 277 g/mol. The van der Waals surface area contributed by atoms with E-state index in [1.807, 2.05) is 25.2 Å². The average Bonchev–Trinajstić information content (AvgIpc) is 2.52. The zero-order valence-electron chi connectivity index (χ0n) is 7.11. The summed E-state index contributed by atoms with van der Waals surface area (Å²) >= 11 is 2.28. The van der Waals surface area contributed by atoms with Crippen molar-refractivity contribution in [2.45, 2.75) is 0 Å². The van der Waals surface area contributed by atoms with Gasteiger partial charge in [-0.05, 0) is 34.7 Å². The zero-order chi connectivity index (χ0) is 9.26. The van der Waals surface area contributed by atoms with Crippen LogP contribution in [-0.2, 0) is 7.05 Å². The van der Waals surface area contributed by atoms with Crippen LogP contribution in [0.4, 0.5) is 0 Å². The van der Waals surface area contributed by atoms with E-state index < -0.39 is 0 Å². The summed E-state index contributed by atoms with van der Waals surface area (Å²) in [6.07, 6.45) is 1.70. The lowest BCUT2D eigenvalue weighted by atomic mass is 10.2. The van der Waals surface area contributed by atoms with Crippen molar-refractivity contribution < 1.29 is 0 Å². The molecule has 0 saturated carbocycles. The molecule has 66 valence electrons. The first-order valence-electron chi connectivity index (χ1n) is 3.87. The Hall–Kier alpha value is -0.910. The minimum atomic E-state index is 0.779. The van der Waals surface area contributed by atoms with Crippen LogP contribution in [-0.4, -0.2) is 14.8 Å². The molecule has 4 heteroatoms. The highest BCUT2D eigenvalue weighted by molar-refractivity contribution is 14.1. The van der Waals surface area contributed by atoms with Crippen molar-refractivity contribution in [3.8, 4) is 11.4 Å². The predicted octanol–water partition coefficient (Wildman–Crippen LogP) is 2.09. The number of aromatic nitrogens is 3. The highest BCUT2D eigenvalue weighted by atomic mass is 127. The van der Waals surface area contributed by atoms with Gasteiger partial charge in [-0.15, -0.1) is 0 Å². The van der Waals surface area contributed by atoms with Crippen LogP contribution in [0.5, 0.6) is 0 Å². The van der Waals surface area contributed by atoms with E-state index in [1.165, 1.54) is 3.57 Å². The molecule has 1 aromatic heterocycles. The lowest BCUT2D eigenvalue weighted by molar-refractivity contribution is 0.768. The number of hydrogen-bond acceptors (Lipinski definition) is 2. The Morgan fingerprint density at radius 1 is 1.38 bits per heavy atom. The van der Waals surface area contributed by atoms with Crippen molar-refractivity contribution in [3.63, 3.8) is 0 Å². The van der Waals surface area contributed by atoms with E-state index in [0.717, 1.165) is 11.4 Å². The second kappa shape index (κ2) is 3.45. The van der Waals surface area contributed by atoms with Crippen molar-refractivity contribution in [2.75, 3.05) is 0 Å². The third-order valence-electron chi connectivity index (χ3n) is 1.68. The van der Waals surface area contributed by atoms with Gasteiger partial charge < -0.3 is 0 Å². The maximum atomic E-state index is 4.22. The number of aryl methyl sites for hydroxylation is 1. The van der Waals surface area contributed by atoms with Crippen molar-refractivity contribution in [1.29, 1.82) is 0 Å². The molecular formula is C9H8IN3. The quantitative estimate of drug-likeness (QED) is 0.751. The van der Waals surface area contributed by atoms with Gasteiger partial charge in [0.1, 0.15) is 6.33 Å². The predicted molar refractivity (Wildman–Crippen MR) is 59.2 cm³/mol. The molecule has 3 nitrogen and oxygen atoms in total. The SMILES string of the molecule is Cn1cnc(-c2cccc(I)c2)n1. The monoisotopic (exact) mass is 285 g/mol. The second-order valence-corrected chi connectivity index (χ2v) is 4.00. The summed E-state index contributed by atoms with van der Waals surface area (Å²) in [6, 6.07) is 8.13. The van der Waals surface area contributed by atoms with E-state index in [9.17, 15) is 0 Å². The molecule has 0 radical (unpaired) electrons. The third kappa shape index (κ3) is 1.88. The van der Waals surface area contributed by atoms with Crippen LogP contribution < -0.4 is 0 Å². The average molecular weight is 285 g/mol. The maximum Gasteiger partial charge on any atom is 0.181 e. The first-order chi connectivity index (χ1) is 6.25. The molecule has 1 heterocycles. The van der Waals surface area contributed by atoms with Gasteiger partial charge in [-0.25, -0.2) is 4.98 Å². The fraction of sp³-hybridized carbons (Fsp3) is 0.111. The van der Waals surface area contributed by atoms with Crippen LogP contribution in [0.3, 0.4) is 0 Å². The molecule has 2 rings (SSSR count). The standard InChI is InChI=1S/C9H8IN3/c1-13-6-11-9(12-13)7-3-2-4-8(10)5-7/h2-6H,1H3. The van der Waals surface area contributed by atoms with E-state index in [0.29, 0.717) is 0 Å². The Bertz CT molecular complexity index is 422. The van der Waals surface area contributed by atoms with Gasteiger partial charge in [0.2, 0.25) is 0 Å². The molecule has 0 bridgehead atoms. The summed E-state index contributed by atoms with van der Waals surface area (Å²) in [4.78, 5) is 4.18. The van der Waals surface area contributed by atoms with E-state index in [-0.39, 0.29) is 0 Å². The number of rotatable bonds is 1. The highest BCUT2D eigenvalue weighted by Gasteiger charge is 2.01. The summed E-state index contributed by atoms with van der Waals surface area (Å²) in [5.41, 5.74) is 1.06. The Morgan fingerprint density at radius 3 is 2.85 bits per heavy atom. The van der Waals surface area contributed by atoms with Gasteiger partial charge in [0.05, 0.1) is 0 Å². The zero-order valence-corrected chi connectivity index (χ0v) is 9.26. The molecule has 0 saturated heterocycles. The van der Waals surface area contributed by atoms with Crippen LogP contribution >= 0.6 is 22.6 Å².